The van der Waals surface area contributed by atoms with Gasteiger partial charge in [-0.15, -0.1) is 0 Å². The van der Waals surface area contributed by atoms with Gasteiger partial charge in [-0.1, -0.05) is 90.2 Å². The number of unbranched alkanes of at least 4 members (excludes halogenated alkanes) is 9. The average Bonchev–Trinajstić information content (AvgIpc) is 2.83. The molecule has 6 nitrogen and oxygen atoms in total. The van der Waals surface area contributed by atoms with Gasteiger partial charge in [0.05, 0.1) is 4.90 Å². The van der Waals surface area contributed by atoms with E-state index in [0.29, 0.717) is 30.8 Å². The molecule has 1 aromatic carbocycles. The Morgan fingerprint density at radius 1 is 0.912 bits per heavy atom. The van der Waals surface area contributed by atoms with Gasteiger partial charge < -0.3 is 10.1 Å². The molecule has 1 aromatic rings. The summed E-state index contributed by atoms with van der Waals surface area (Å²) < 4.78 is 34.0. The zero-order valence-corrected chi connectivity index (χ0v) is 23.1. The van der Waals surface area contributed by atoms with Crippen LogP contribution in [0.5, 0.6) is 0 Å². The highest BCUT2D eigenvalue weighted by molar-refractivity contribution is 7.89. The fourth-order valence-corrected chi connectivity index (χ4v) is 6.00. The monoisotopic (exact) mass is 516 g/mol. The van der Waals surface area contributed by atoms with Crippen molar-refractivity contribution in [2.45, 2.75) is 115 Å². The normalized spacial score (nSPS) is 13.4. The van der Waals surface area contributed by atoms with Gasteiger partial charge in [-0.05, 0) is 49.9 Å². The largest absolute Gasteiger partial charge is 0.358 e. The van der Waals surface area contributed by atoms with Crippen LogP contribution in [0.15, 0.2) is 29.2 Å². The molecule has 0 aliphatic carbocycles. The number of benzene rings is 1. The standard InChI is InChI=1S/C26H45ClN2O4S/c1-5-8-9-10-11-12-13-14-15-16-21-26(7-3,33-4)29(25(30)28-22-6-2)34(31,32)24-19-17-23(27)18-20-24/h17-20H,5-16,21-22H2,1-4H3,(H,28,30). The van der Waals surface area contributed by atoms with Gasteiger partial charge in [-0.25, -0.2) is 13.2 Å². The quantitative estimate of drug-likeness (QED) is 0.162. The molecule has 0 aliphatic heterocycles. The third-order valence-corrected chi connectivity index (χ3v) is 8.39. The first kappa shape index (κ1) is 30.7. The van der Waals surface area contributed by atoms with Gasteiger partial charge in [0, 0.05) is 18.7 Å². The molecular weight excluding hydrogens is 472 g/mol. The maximum Gasteiger partial charge on any atom is 0.333 e. The lowest BCUT2D eigenvalue weighted by Crippen LogP contribution is -2.58. The minimum atomic E-state index is -4.15. The maximum atomic E-state index is 13.6. The van der Waals surface area contributed by atoms with Crippen LogP contribution in [0.4, 0.5) is 4.79 Å². The molecule has 8 heteroatoms. The molecule has 0 aliphatic rings. The number of carbonyl (C=O) groups excluding carboxylic acids is 1. The van der Waals surface area contributed by atoms with E-state index in [9.17, 15) is 13.2 Å². The van der Waals surface area contributed by atoms with Crippen LogP contribution >= 0.6 is 11.6 Å². The molecule has 0 saturated carbocycles. The van der Waals surface area contributed by atoms with Crippen molar-refractivity contribution < 1.29 is 17.9 Å². The van der Waals surface area contributed by atoms with Crippen LogP contribution in [0.3, 0.4) is 0 Å². The zero-order valence-electron chi connectivity index (χ0n) is 21.6. The number of nitrogens with one attached hydrogen (secondary N) is 1. The highest BCUT2D eigenvalue weighted by Gasteiger charge is 2.46. The second-order valence-electron chi connectivity index (χ2n) is 8.89. The van der Waals surface area contributed by atoms with E-state index in [0.717, 1.165) is 23.6 Å². The predicted octanol–water partition coefficient (Wildman–Crippen LogP) is 7.51. The molecule has 0 spiro atoms. The summed E-state index contributed by atoms with van der Waals surface area (Å²) in [6, 6.07) is 5.22. The molecule has 196 valence electrons. The average molecular weight is 517 g/mol. The number of amides is 2. The number of rotatable bonds is 18. The number of ether oxygens (including phenoxy) is 1. The van der Waals surface area contributed by atoms with Crippen molar-refractivity contribution >= 4 is 27.7 Å². The van der Waals surface area contributed by atoms with Gasteiger partial charge >= 0.3 is 6.03 Å². The molecule has 0 radical (unpaired) electrons. The first-order chi connectivity index (χ1) is 16.3. The van der Waals surface area contributed by atoms with Gasteiger partial charge in [0.1, 0.15) is 0 Å². The summed E-state index contributed by atoms with van der Waals surface area (Å²) in [5, 5.41) is 3.16. The van der Waals surface area contributed by atoms with Crippen LogP contribution in [-0.2, 0) is 14.8 Å². The Morgan fingerprint density at radius 3 is 1.91 bits per heavy atom. The summed E-state index contributed by atoms with van der Waals surface area (Å²) in [4.78, 5) is 13.2. The van der Waals surface area contributed by atoms with Crippen LogP contribution in [0, 0.1) is 0 Å². The lowest BCUT2D eigenvalue weighted by Gasteiger charge is -2.41. The van der Waals surface area contributed by atoms with Crippen LogP contribution < -0.4 is 5.32 Å². The van der Waals surface area contributed by atoms with Gasteiger partial charge in [0.2, 0.25) is 0 Å². The van der Waals surface area contributed by atoms with Gasteiger partial charge in [0.25, 0.3) is 10.0 Å². The molecule has 0 fully saturated rings. The van der Waals surface area contributed by atoms with E-state index in [2.05, 4.69) is 12.2 Å². The van der Waals surface area contributed by atoms with Crippen molar-refractivity contribution in [3.63, 3.8) is 0 Å². The van der Waals surface area contributed by atoms with Crippen molar-refractivity contribution in [2.75, 3.05) is 13.7 Å². The molecule has 1 unspecified atom stereocenters. The molecule has 0 bridgehead atoms. The third-order valence-electron chi connectivity index (χ3n) is 6.29. The summed E-state index contributed by atoms with van der Waals surface area (Å²) in [6.07, 6.45) is 13.3. The zero-order chi connectivity index (χ0) is 25.5. The highest BCUT2D eigenvalue weighted by atomic mass is 35.5. The van der Waals surface area contributed by atoms with E-state index in [1.54, 1.807) is 0 Å². The summed E-state index contributed by atoms with van der Waals surface area (Å²) in [5.74, 6) is 0. The Kier molecular flexibility index (Phi) is 14.8. The third kappa shape index (κ3) is 9.38. The maximum absolute atomic E-state index is 13.6. The minimum Gasteiger partial charge on any atom is -0.358 e. The first-order valence-corrected chi connectivity index (χ1v) is 14.7. The van der Waals surface area contributed by atoms with E-state index < -0.39 is 21.8 Å². The van der Waals surface area contributed by atoms with Crippen molar-refractivity contribution in [1.82, 2.24) is 9.62 Å². The molecule has 0 saturated heterocycles. The van der Waals surface area contributed by atoms with E-state index in [1.165, 1.54) is 76.3 Å². The van der Waals surface area contributed by atoms with Crippen LogP contribution in [-0.4, -0.2) is 38.1 Å². The fourth-order valence-electron chi connectivity index (χ4n) is 4.17. The molecule has 34 heavy (non-hydrogen) atoms. The summed E-state index contributed by atoms with van der Waals surface area (Å²) in [7, 11) is -2.67. The van der Waals surface area contributed by atoms with Crippen LogP contribution in [0.2, 0.25) is 5.02 Å². The number of urea groups is 1. The lowest BCUT2D eigenvalue weighted by atomic mass is 10.00. The van der Waals surface area contributed by atoms with Crippen molar-refractivity contribution in [3.05, 3.63) is 29.3 Å². The Balaban J connectivity index is 2.92. The first-order valence-electron chi connectivity index (χ1n) is 12.9. The van der Waals surface area contributed by atoms with E-state index >= 15 is 0 Å². The molecule has 1 N–H and O–H groups in total. The molecule has 2 amide bonds. The van der Waals surface area contributed by atoms with E-state index in [1.807, 2.05) is 13.8 Å². The number of hydrogen-bond donors (Lipinski definition) is 1. The predicted molar refractivity (Wildman–Crippen MR) is 141 cm³/mol. The van der Waals surface area contributed by atoms with Crippen molar-refractivity contribution in [3.8, 4) is 0 Å². The van der Waals surface area contributed by atoms with E-state index in [-0.39, 0.29) is 4.90 Å². The molecule has 1 rings (SSSR count). The second-order valence-corrected chi connectivity index (χ2v) is 11.1. The smallest absolute Gasteiger partial charge is 0.333 e. The van der Waals surface area contributed by atoms with Gasteiger partial charge in [0.15, 0.2) is 5.72 Å². The second kappa shape index (κ2) is 16.4. The Labute approximate surface area is 212 Å². The van der Waals surface area contributed by atoms with Crippen LogP contribution in [0.25, 0.3) is 0 Å². The number of halogens is 1. The topological polar surface area (TPSA) is 75.7 Å². The Hall–Kier alpha value is -1.31. The summed E-state index contributed by atoms with van der Waals surface area (Å²) in [6.45, 7) is 6.39. The Morgan fingerprint density at radius 2 is 1.44 bits per heavy atom. The molecule has 1 atom stereocenters. The highest BCUT2D eigenvalue weighted by Crippen LogP contribution is 2.34. The van der Waals surface area contributed by atoms with Crippen molar-refractivity contribution in [1.29, 1.82) is 0 Å². The summed E-state index contributed by atoms with van der Waals surface area (Å²) >= 11 is 5.96. The molecule has 0 aromatic heterocycles. The van der Waals surface area contributed by atoms with Gasteiger partial charge in [-0.3, -0.25) is 0 Å². The number of carbonyl (C=O) groups is 1. The fraction of sp³-hybridized carbons (Fsp3) is 0.731. The minimum absolute atomic E-state index is 0.0153. The number of hydrogen-bond acceptors (Lipinski definition) is 4. The Bertz CT molecular complexity index is 796. The SMILES string of the molecule is CCCCCCCCCCCCC(CC)(OC)N(C(=O)NCCC)S(=O)(=O)c1ccc(Cl)cc1. The number of methoxy groups -OCH3 is 1. The van der Waals surface area contributed by atoms with Crippen molar-refractivity contribution in [2.24, 2.45) is 0 Å². The molecular formula is C26H45ClN2O4S. The van der Waals surface area contributed by atoms with E-state index in [4.69, 9.17) is 16.3 Å². The summed E-state index contributed by atoms with van der Waals surface area (Å²) in [5.41, 5.74) is -1.25. The van der Waals surface area contributed by atoms with Crippen LogP contribution in [0.1, 0.15) is 104 Å². The lowest BCUT2D eigenvalue weighted by molar-refractivity contribution is -0.0876. The number of nitrogens with zero attached hydrogens (tertiary/aromatic N) is 1. The van der Waals surface area contributed by atoms with Gasteiger partial charge in [-0.2, -0.15) is 4.31 Å². The molecule has 0 heterocycles. The number of sulfonamides is 1.